The van der Waals surface area contributed by atoms with Crippen molar-refractivity contribution in [3.63, 3.8) is 0 Å². The lowest BCUT2D eigenvalue weighted by molar-refractivity contribution is -0.151. The van der Waals surface area contributed by atoms with Gasteiger partial charge in [-0.1, -0.05) is 6.07 Å². The lowest BCUT2D eigenvalue weighted by atomic mass is 10.1. The van der Waals surface area contributed by atoms with Gasteiger partial charge in [-0.15, -0.1) is 0 Å². The Morgan fingerprint density at radius 2 is 1.90 bits per heavy atom. The smallest absolute Gasteiger partial charge is 0.416 e. The Balaban J connectivity index is 2.02. The SMILES string of the molecule is O=C(Nc1cccc(C(F)(F)F)c1)[C@@H]1CC[C@H](C(=O)O)O1. The number of alkyl halides is 3. The van der Waals surface area contributed by atoms with E-state index in [1.165, 1.54) is 12.1 Å². The van der Waals surface area contributed by atoms with Gasteiger partial charge < -0.3 is 15.2 Å². The van der Waals surface area contributed by atoms with Crippen LogP contribution in [0.15, 0.2) is 24.3 Å². The molecule has 1 aliphatic rings. The predicted molar refractivity (Wildman–Crippen MR) is 65.6 cm³/mol. The zero-order valence-electron chi connectivity index (χ0n) is 10.7. The molecule has 0 radical (unpaired) electrons. The molecule has 2 atom stereocenters. The molecule has 2 rings (SSSR count). The van der Waals surface area contributed by atoms with Gasteiger partial charge in [0.15, 0.2) is 6.10 Å². The molecule has 2 N–H and O–H groups in total. The van der Waals surface area contributed by atoms with Crippen molar-refractivity contribution >= 4 is 17.6 Å². The average molecular weight is 303 g/mol. The molecular formula is C13H12F3NO4. The van der Waals surface area contributed by atoms with Gasteiger partial charge in [-0.05, 0) is 31.0 Å². The Labute approximate surface area is 117 Å². The first kappa shape index (κ1) is 15.3. The van der Waals surface area contributed by atoms with Crippen molar-refractivity contribution in [1.29, 1.82) is 0 Å². The van der Waals surface area contributed by atoms with Crippen LogP contribution in [0.1, 0.15) is 18.4 Å². The van der Waals surface area contributed by atoms with E-state index >= 15 is 0 Å². The van der Waals surface area contributed by atoms with Gasteiger partial charge in [0.25, 0.3) is 5.91 Å². The maximum atomic E-state index is 12.5. The van der Waals surface area contributed by atoms with Crippen LogP contribution in [0.2, 0.25) is 0 Å². The van der Waals surface area contributed by atoms with Crippen LogP contribution in [0.4, 0.5) is 18.9 Å². The number of rotatable bonds is 3. The van der Waals surface area contributed by atoms with Crippen LogP contribution in [0.3, 0.4) is 0 Å². The van der Waals surface area contributed by atoms with Crippen molar-refractivity contribution in [3.05, 3.63) is 29.8 Å². The lowest BCUT2D eigenvalue weighted by Crippen LogP contribution is -2.30. The van der Waals surface area contributed by atoms with E-state index in [2.05, 4.69) is 5.32 Å². The number of anilines is 1. The van der Waals surface area contributed by atoms with Gasteiger partial charge in [0.05, 0.1) is 5.56 Å². The number of carbonyl (C=O) groups excluding carboxylic acids is 1. The average Bonchev–Trinajstić information content (AvgIpc) is 2.88. The number of aliphatic carboxylic acids is 1. The maximum absolute atomic E-state index is 12.5. The molecule has 5 nitrogen and oxygen atoms in total. The molecule has 1 heterocycles. The zero-order chi connectivity index (χ0) is 15.6. The van der Waals surface area contributed by atoms with Crippen LogP contribution in [0, 0.1) is 0 Å². The zero-order valence-corrected chi connectivity index (χ0v) is 10.7. The first-order valence-electron chi connectivity index (χ1n) is 6.14. The van der Waals surface area contributed by atoms with Crippen molar-refractivity contribution in [2.75, 3.05) is 5.32 Å². The Morgan fingerprint density at radius 3 is 2.48 bits per heavy atom. The van der Waals surface area contributed by atoms with Crippen LogP contribution >= 0.6 is 0 Å². The number of nitrogens with one attached hydrogen (secondary N) is 1. The third-order valence-electron chi connectivity index (χ3n) is 3.04. The topological polar surface area (TPSA) is 75.6 Å². The minimum Gasteiger partial charge on any atom is -0.479 e. The molecule has 0 spiro atoms. The van der Waals surface area contributed by atoms with Crippen LogP contribution in [0.25, 0.3) is 0 Å². The highest BCUT2D eigenvalue weighted by molar-refractivity contribution is 5.94. The largest absolute Gasteiger partial charge is 0.479 e. The summed E-state index contributed by atoms with van der Waals surface area (Å²) in [5.74, 6) is -1.82. The summed E-state index contributed by atoms with van der Waals surface area (Å²) in [5, 5.41) is 11.0. The van der Waals surface area contributed by atoms with E-state index in [0.29, 0.717) is 0 Å². The number of halogens is 3. The first-order chi connectivity index (χ1) is 9.77. The molecule has 114 valence electrons. The fourth-order valence-electron chi connectivity index (χ4n) is 2.01. The molecule has 1 aliphatic heterocycles. The molecule has 1 amide bonds. The van der Waals surface area contributed by atoms with Crippen LogP contribution in [-0.2, 0) is 20.5 Å². The summed E-state index contributed by atoms with van der Waals surface area (Å²) < 4.78 is 42.7. The molecule has 21 heavy (non-hydrogen) atoms. The third kappa shape index (κ3) is 3.72. The van der Waals surface area contributed by atoms with Crippen LogP contribution in [0.5, 0.6) is 0 Å². The van der Waals surface area contributed by atoms with Gasteiger partial charge in [0.2, 0.25) is 0 Å². The van der Waals surface area contributed by atoms with Gasteiger partial charge in [-0.25, -0.2) is 4.79 Å². The monoisotopic (exact) mass is 303 g/mol. The van der Waals surface area contributed by atoms with E-state index in [-0.39, 0.29) is 18.5 Å². The van der Waals surface area contributed by atoms with E-state index in [4.69, 9.17) is 9.84 Å². The fourth-order valence-corrected chi connectivity index (χ4v) is 2.01. The summed E-state index contributed by atoms with van der Waals surface area (Å²) in [6.45, 7) is 0. The second kappa shape index (κ2) is 5.72. The van der Waals surface area contributed by atoms with Crippen molar-refractivity contribution in [2.24, 2.45) is 0 Å². The summed E-state index contributed by atoms with van der Waals surface area (Å²) in [4.78, 5) is 22.5. The minimum absolute atomic E-state index is 0.0165. The third-order valence-corrected chi connectivity index (χ3v) is 3.04. The molecule has 1 saturated heterocycles. The van der Waals surface area contributed by atoms with Gasteiger partial charge in [-0.2, -0.15) is 13.2 Å². The van der Waals surface area contributed by atoms with Gasteiger partial charge in [0, 0.05) is 5.69 Å². The number of carbonyl (C=O) groups is 2. The number of benzene rings is 1. The summed E-state index contributed by atoms with van der Waals surface area (Å²) in [5.41, 5.74) is -0.895. The van der Waals surface area contributed by atoms with Gasteiger partial charge >= 0.3 is 12.1 Å². The highest BCUT2D eigenvalue weighted by atomic mass is 19.4. The van der Waals surface area contributed by atoms with Gasteiger partial charge in [0.1, 0.15) is 6.10 Å². The summed E-state index contributed by atoms with van der Waals surface area (Å²) in [6.07, 6.45) is -6.13. The minimum atomic E-state index is -4.50. The Kier molecular flexibility index (Phi) is 4.17. The molecule has 0 aliphatic carbocycles. The number of carboxylic acid groups (broad SMARTS) is 1. The number of amides is 1. The number of hydrogen-bond donors (Lipinski definition) is 2. The molecule has 8 heteroatoms. The van der Waals surface area contributed by atoms with Crippen molar-refractivity contribution in [3.8, 4) is 0 Å². The predicted octanol–water partition coefficient (Wildman–Crippen LogP) is 2.28. The molecule has 1 aromatic carbocycles. The fraction of sp³-hybridized carbons (Fsp3) is 0.385. The van der Waals surface area contributed by atoms with E-state index < -0.39 is 35.8 Å². The van der Waals surface area contributed by atoms with E-state index in [1.54, 1.807) is 0 Å². The van der Waals surface area contributed by atoms with Crippen LogP contribution in [-0.4, -0.2) is 29.2 Å². The summed E-state index contributed by atoms with van der Waals surface area (Å²) >= 11 is 0. The van der Waals surface area contributed by atoms with Crippen molar-refractivity contribution < 1.29 is 32.6 Å². The Morgan fingerprint density at radius 1 is 1.24 bits per heavy atom. The molecule has 0 aromatic heterocycles. The van der Waals surface area contributed by atoms with Crippen molar-refractivity contribution in [1.82, 2.24) is 0 Å². The number of carboxylic acids is 1. The van der Waals surface area contributed by atoms with Crippen molar-refractivity contribution in [2.45, 2.75) is 31.2 Å². The first-order valence-corrected chi connectivity index (χ1v) is 6.14. The summed E-state index contributed by atoms with van der Waals surface area (Å²) in [7, 11) is 0. The number of ether oxygens (including phenoxy) is 1. The summed E-state index contributed by atoms with van der Waals surface area (Å²) in [6, 6.07) is 4.19. The molecule has 0 saturated carbocycles. The Hall–Kier alpha value is -2.09. The Bertz CT molecular complexity index is 559. The standard InChI is InChI=1S/C13H12F3NO4/c14-13(15,16)7-2-1-3-8(6-7)17-11(18)9-4-5-10(21-9)12(19)20/h1-3,6,9-10H,4-5H2,(H,17,18)(H,19,20)/t9-,10+/m0/s1. The second-order valence-electron chi connectivity index (χ2n) is 4.60. The maximum Gasteiger partial charge on any atom is 0.416 e. The quantitative estimate of drug-likeness (QED) is 0.898. The molecule has 1 fully saturated rings. The molecule has 0 bridgehead atoms. The second-order valence-corrected chi connectivity index (χ2v) is 4.60. The molecule has 1 aromatic rings. The van der Waals surface area contributed by atoms with Crippen LogP contribution < -0.4 is 5.32 Å². The normalized spacial score (nSPS) is 22.0. The highest BCUT2D eigenvalue weighted by Crippen LogP contribution is 2.31. The highest BCUT2D eigenvalue weighted by Gasteiger charge is 2.35. The van der Waals surface area contributed by atoms with E-state index in [1.807, 2.05) is 0 Å². The number of hydrogen-bond acceptors (Lipinski definition) is 3. The van der Waals surface area contributed by atoms with Gasteiger partial charge in [-0.3, -0.25) is 4.79 Å². The van der Waals surface area contributed by atoms with E-state index in [0.717, 1.165) is 12.1 Å². The van der Waals surface area contributed by atoms with E-state index in [9.17, 15) is 22.8 Å². The molecular weight excluding hydrogens is 291 g/mol. The lowest BCUT2D eigenvalue weighted by Gasteiger charge is -2.13. The molecule has 0 unspecified atom stereocenters.